The van der Waals surface area contributed by atoms with Gasteiger partial charge in [0.2, 0.25) is 0 Å². The summed E-state index contributed by atoms with van der Waals surface area (Å²) < 4.78 is 0. The Labute approximate surface area is 92.1 Å². The highest BCUT2D eigenvalue weighted by molar-refractivity contribution is 6.36. The van der Waals surface area contributed by atoms with Gasteiger partial charge in [-0.1, -0.05) is 73.4 Å². The van der Waals surface area contributed by atoms with Crippen LogP contribution in [0.3, 0.4) is 0 Å². The molecule has 0 aromatic rings. The van der Waals surface area contributed by atoms with Gasteiger partial charge in [-0.15, -0.1) is 0 Å². The summed E-state index contributed by atoms with van der Waals surface area (Å²) in [7, 11) is 2.40. The van der Waals surface area contributed by atoms with Crippen molar-refractivity contribution in [2.45, 2.75) is 73.4 Å². The van der Waals surface area contributed by atoms with Crippen LogP contribution in [0.1, 0.15) is 60.8 Å². The SMILES string of the molecule is C[B]C(CC(C)(C)CC)C(C)(C)CC. The van der Waals surface area contributed by atoms with E-state index in [4.69, 9.17) is 0 Å². The number of hydrogen-bond acceptors (Lipinski definition) is 0. The predicted molar refractivity (Wildman–Crippen MR) is 68.1 cm³/mol. The van der Waals surface area contributed by atoms with Crippen molar-refractivity contribution in [3.05, 3.63) is 0 Å². The molecular formula is C13H28B. The van der Waals surface area contributed by atoms with Crippen LogP contribution in [0.25, 0.3) is 0 Å². The first-order valence-corrected chi connectivity index (χ1v) is 6.08. The van der Waals surface area contributed by atoms with Crippen LogP contribution in [0.2, 0.25) is 12.6 Å². The van der Waals surface area contributed by atoms with E-state index in [0.717, 1.165) is 5.82 Å². The van der Waals surface area contributed by atoms with Crippen molar-refractivity contribution in [2.24, 2.45) is 10.8 Å². The molecule has 0 rings (SSSR count). The fraction of sp³-hybridized carbons (Fsp3) is 1.00. The smallest absolute Gasteiger partial charge is 0.0917 e. The van der Waals surface area contributed by atoms with Gasteiger partial charge in [0.15, 0.2) is 0 Å². The molecule has 0 spiro atoms. The summed E-state index contributed by atoms with van der Waals surface area (Å²) in [6.45, 7) is 16.4. The molecule has 0 aliphatic carbocycles. The van der Waals surface area contributed by atoms with E-state index in [0.29, 0.717) is 10.8 Å². The standard InChI is InChI=1S/C13H28B/c1-8-12(3,4)10-11(14-7)13(5,6)9-2/h11H,8-10H2,1-7H3. The third-order valence-corrected chi connectivity index (χ3v) is 4.05. The third kappa shape index (κ3) is 4.06. The number of hydrogen-bond donors (Lipinski definition) is 0. The highest BCUT2D eigenvalue weighted by Gasteiger charge is 2.30. The molecule has 0 aromatic carbocycles. The van der Waals surface area contributed by atoms with Crippen molar-refractivity contribution in [1.29, 1.82) is 0 Å². The minimum Gasteiger partial charge on any atom is -0.0917 e. The Morgan fingerprint density at radius 1 is 1.00 bits per heavy atom. The van der Waals surface area contributed by atoms with Gasteiger partial charge >= 0.3 is 0 Å². The van der Waals surface area contributed by atoms with Crippen molar-refractivity contribution in [3.8, 4) is 0 Å². The quantitative estimate of drug-likeness (QED) is 0.534. The normalized spacial score (nSPS) is 15.4. The van der Waals surface area contributed by atoms with E-state index in [1.807, 2.05) is 0 Å². The fourth-order valence-corrected chi connectivity index (χ4v) is 1.85. The van der Waals surface area contributed by atoms with Crippen molar-refractivity contribution >= 4 is 7.28 Å². The van der Waals surface area contributed by atoms with Gasteiger partial charge in [-0.3, -0.25) is 0 Å². The molecule has 0 saturated carbocycles. The molecule has 14 heavy (non-hydrogen) atoms. The first-order valence-electron chi connectivity index (χ1n) is 6.08. The molecule has 0 amide bonds. The molecule has 1 atom stereocenters. The first-order chi connectivity index (χ1) is 6.29. The third-order valence-electron chi connectivity index (χ3n) is 4.05. The lowest BCUT2D eigenvalue weighted by Gasteiger charge is -2.38. The van der Waals surface area contributed by atoms with E-state index in [-0.39, 0.29) is 0 Å². The molecule has 0 aromatic heterocycles. The predicted octanol–water partition coefficient (Wildman–Crippen LogP) is 4.79. The van der Waals surface area contributed by atoms with Crippen molar-refractivity contribution in [2.75, 3.05) is 0 Å². The molecule has 0 bridgehead atoms. The van der Waals surface area contributed by atoms with Crippen molar-refractivity contribution in [1.82, 2.24) is 0 Å². The van der Waals surface area contributed by atoms with E-state index in [1.54, 1.807) is 0 Å². The average molecular weight is 195 g/mol. The average Bonchev–Trinajstić information content (AvgIpc) is 2.14. The van der Waals surface area contributed by atoms with Gasteiger partial charge in [0, 0.05) is 0 Å². The zero-order valence-corrected chi connectivity index (χ0v) is 11.3. The summed E-state index contributed by atoms with van der Waals surface area (Å²) in [5.74, 6) is 0.752. The van der Waals surface area contributed by atoms with Crippen LogP contribution in [0.4, 0.5) is 0 Å². The van der Waals surface area contributed by atoms with E-state index < -0.39 is 0 Å². The molecule has 1 heteroatoms. The zero-order valence-electron chi connectivity index (χ0n) is 11.3. The molecule has 0 saturated heterocycles. The van der Waals surface area contributed by atoms with E-state index >= 15 is 0 Å². The van der Waals surface area contributed by atoms with Crippen LogP contribution < -0.4 is 0 Å². The highest BCUT2D eigenvalue weighted by Crippen LogP contribution is 2.43. The van der Waals surface area contributed by atoms with Crippen molar-refractivity contribution < 1.29 is 0 Å². The summed E-state index contributed by atoms with van der Waals surface area (Å²) in [4.78, 5) is 0. The molecule has 1 radical (unpaired) electrons. The topological polar surface area (TPSA) is 0 Å². The van der Waals surface area contributed by atoms with Crippen molar-refractivity contribution in [3.63, 3.8) is 0 Å². The van der Waals surface area contributed by atoms with Gasteiger partial charge in [0.05, 0.1) is 0 Å². The largest absolute Gasteiger partial charge is 0.110 e. The van der Waals surface area contributed by atoms with E-state index in [2.05, 4.69) is 55.6 Å². The van der Waals surface area contributed by atoms with Gasteiger partial charge in [0.1, 0.15) is 7.28 Å². The molecule has 0 N–H and O–H groups in total. The minimum absolute atomic E-state index is 0.460. The van der Waals surface area contributed by atoms with E-state index in [9.17, 15) is 0 Å². The molecular weight excluding hydrogens is 167 g/mol. The lowest BCUT2D eigenvalue weighted by atomic mass is 9.51. The summed E-state index contributed by atoms with van der Waals surface area (Å²) in [5.41, 5.74) is 0.949. The van der Waals surface area contributed by atoms with Crippen LogP contribution in [0.15, 0.2) is 0 Å². The Bertz CT molecular complexity index is 159. The fourth-order valence-electron chi connectivity index (χ4n) is 1.85. The second kappa shape index (κ2) is 5.23. The lowest BCUT2D eigenvalue weighted by Crippen LogP contribution is -2.27. The van der Waals surface area contributed by atoms with E-state index in [1.165, 1.54) is 19.3 Å². The molecule has 0 nitrogen and oxygen atoms in total. The van der Waals surface area contributed by atoms with Gasteiger partial charge in [-0.25, -0.2) is 0 Å². The second-order valence-corrected chi connectivity index (χ2v) is 6.00. The highest BCUT2D eigenvalue weighted by atomic mass is 14.3. The minimum atomic E-state index is 0.460. The summed E-state index contributed by atoms with van der Waals surface area (Å²) in [5, 5.41) is 0. The maximum atomic E-state index is 2.40. The Hall–Kier alpha value is 0.0649. The summed E-state index contributed by atoms with van der Waals surface area (Å²) >= 11 is 0. The Balaban J connectivity index is 4.44. The van der Waals surface area contributed by atoms with Gasteiger partial charge in [-0.2, -0.15) is 0 Å². The van der Waals surface area contributed by atoms with Gasteiger partial charge in [-0.05, 0) is 10.8 Å². The summed E-state index contributed by atoms with van der Waals surface area (Å²) in [6.07, 6.45) is 3.86. The Kier molecular flexibility index (Phi) is 5.26. The second-order valence-electron chi connectivity index (χ2n) is 6.00. The zero-order chi connectivity index (χ0) is 11.4. The number of rotatable bonds is 6. The van der Waals surface area contributed by atoms with Crippen LogP contribution in [0.5, 0.6) is 0 Å². The van der Waals surface area contributed by atoms with Gasteiger partial charge < -0.3 is 0 Å². The molecule has 0 aliphatic heterocycles. The molecule has 83 valence electrons. The van der Waals surface area contributed by atoms with Crippen LogP contribution >= 0.6 is 0 Å². The Morgan fingerprint density at radius 2 is 1.50 bits per heavy atom. The summed E-state index contributed by atoms with van der Waals surface area (Å²) in [6, 6.07) is 0. The van der Waals surface area contributed by atoms with Crippen LogP contribution in [-0.4, -0.2) is 7.28 Å². The maximum Gasteiger partial charge on any atom is 0.110 e. The molecule has 0 heterocycles. The maximum absolute atomic E-state index is 2.40. The van der Waals surface area contributed by atoms with Gasteiger partial charge in [0.25, 0.3) is 0 Å². The lowest BCUT2D eigenvalue weighted by molar-refractivity contribution is 0.227. The van der Waals surface area contributed by atoms with Crippen LogP contribution in [0, 0.1) is 10.8 Å². The molecule has 0 fully saturated rings. The first kappa shape index (κ1) is 14.1. The Morgan fingerprint density at radius 3 is 1.79 bits per heavy atom. The molecule has 1 unspecified atom stereocenters. The van der Waals surface area contributed by atoms with Crippen LogP contribution in [-0.2, 0) is 0 Å². The monoisotopic (exact) mass is 195 g/mol. The molecule has 0 aliphatic rings.